The molecule has 28 heavy (non-hydrogen) atoms. The number of nitrogens with zero attached hydrogens (tertiary/aromatic N) is 1. The van der Waals surface area contributed by atoms with Crippen LogP contribution in [0.25, 0.3) is 0 Å². The number of hydrogen-bond donors (Lipinski definition) is 1. The fourth-order valence-electron chi connectivity index (χ4n) is 3.96. The number of hydrogen-bond acceptors (Lipinski definition) is 3. The van der Waals surface area contributed by atoms with Crippen LogP contribution in [0.3, 0.4) is 0 Å². The molecule has 4 rings (SSSR count). The van der Waals surface area contributed by atoms with Crippen molar-refractivity contribution < 1.29 is 14.3 Å². The van der Waals surface area contributed by atoms with Crippen molar-refractivity contribution in [2.45, 2.75) is 38.5 Å². The first-order valence-electron chi connectivity index (χ1n) is 10.1. The maximum Gasteiger partial charge on any atom is 0.262 e. The standard InChI is InChI=1S/C23H26N2O3/c26-22(16-28-21-12-9-17-5-4-6-19(17)15-21)24-20-10-7-18(8-11-20)23(27)25-13-2-1-3-14-25/h7-12,15H,1-6,13-14,16H2,(H,24,26). The van der Waals surface area contributed by atoms with E-state index in [2.05, 4.69) is 11.4 Å². The number of rotatable bonds is 5. The zero-order chi connectivity index (χ0) is 19.3. The minimum atomic E-state index is -0.212. The lowest BCUT2D eigenvalue weighted by atomic mass is 10.1. The Kier molecular flexibility index (Phi) is 5.60. The number of carbonyl (C=O) groups is 2. The van der Waals surface area contributed by atoms with Crippen molar-refractivity contribution in [2.24, 2.45) is 0 Å². The predicted molar refractivity (Wildman–Crippen MR) is 109 cm³/mol. The fourth-order valence-corrected chi connectivity index (χ4v) is 3.96. The molecule has 2 aromatic rings. The molecule has 146 valence electrons. The van der Waals surface area contributed by atoms with Gasteiger partial charge in [0.15, 0.2) is 6.61 Å². The van der Waals surface area contributed by atoms with Gasteiger partial charge in [-0.15, -0.1) is 0 Å². The van der Waals surface area contributed by atoms with Gasteiger partial charge in [0, 0.05) is 24.3 Å². The van der Waals surface area contributed by atoms with Gasteiger partial charge in [-0.05, 0) is 86.1 Å². The number of amides is 2. The monoisotopic (exact) mass is 378 g/mol. The van der Waals surface area contributed by atoms with Crippen molar-refractivity contribution in [3.8, 4) is 5.75 Å². The molecular formula is C23H26N2O3. The highest BCUT2D eigenvalue weighted by Crippen LogP contribution is 2.26. The molecule has 2 amide bonds. The second kappa shape index (κ2) is 8.46. The quantitative estimate of drug-likeness (QED) is 0.860. The highest BCUT2D eigenvalue weighted by molar-refractivity contribution is 5.96. The summed E-state index contributed by atoms with van der Waals surface area (Å²) in [5.41, 5.74) is 4.04. The summed E-state index contributed by atoms with van der Waals surface area (Å²) in [6.07, 6.45) is 6.75. The van der Waals surface area contributed by atoms with E-state index in [1.54, 1.807) is 24.3 Å². The van der Waals surface area contributed by atoms with Crippen LogP contribution in [0.4, 0.5) is 5.69 Å². The summed E-state index contributed by atoms with van der Waals surface area (Å²) in [6.45, 7) is 1.63. The van der Waals surface area contributed by atoms with Crippen molar-refractivity contribution in [1.29, 1.82) is 0 Å². The van der Waals surface area contributed by atoms with Crippen molar-refractivity contribution in [2.75, 3.05) is 25.0 Å². The summed E-state index contributed by atoms with van der Waals surface area (Å²) in [5, 5.41) is 2.82. The summed E-state index contributed by atoms with van der Waals surface area (Å²) >= 11 is 0. The molecule has 2 aromatic carbocycles. The number of nitrogens with one attached hydrogen (secondary N) is 1. The van der Waals surface area contributed by atoms with Crippen LogP contribution in [0.15, 0.2) is 42.5 Å². The van der Waals surface area contributed by atoms with Crippen molar-refractivity contribution in [1.82, 2.24) is 4.90 Å². The molecule has 5 nitrogen and oxygen atoms in total. The predicted octanol–water partition coefficient (Wildman–Crippen LogP) is 3.82. The molecule has 0 unspecified atom stereocenters. The van der Waals surface area contributed by atoms with Crippen molar-refractivity contribution >= 4 is 17.5 Å². The molecule has 1 heterocycles. The van der Waals surface area contributed by atoms with Crippen LogP contribution in [0.5, 0.6) is 5.75 Å². The van der Waals surface area contributed by atoms with Crippen LogP contribution in [0.1, 0.15) is 47.2 Å². The van der Waals surface area contributed by atoms with Crippen LogP contribution in [-0.4, -0.2) is 36.4 Å². The SMILES string of the molecule is O=C(COc1ccc2c(c1)CCC2)Nc1ccc(C(=O)N2CCCCC2)cc1. The van der Waals surface area contributed by atoms with Crippen LogP contribution in [0.2, 0.25) is 0 Å². The molecule has 0 atom stereocenters. The lowest BCUT2D eigenvalue weighted by Crippen LogP contribution is -2.35. The molecule has 0 spiro atoms. The van der Waals surface area contributed by atoms with Gasteiger partial charge in [0.1, 0.15) is 5.75 Å². The highest BCUT2D eigenvalue weighted by Gasteiger charge is 2.18. The summed E-state index contributed by atoms with van der Waals surface area (Å²) < 4.78 is 5.63. The topological polar surface area (TPSA) is 58.6 Å². The third-order valence-electron chi connectivity index (χ3n) is 5.50. The second-order valence-corrected chi connectivity index (χ2v) is 7.55. The number of fused-ring (bicyclic) bond motifs is 1. The number of ether oxygens (including phenoxy) is 1. The Morgan fingerprint density at radius 1 is 0.893 bits per heavy atom. The van der Waals surface area contributed by atoms with E-state index in [1.807, 2.05) is 17.0 Å². The lowest BCUT2D eigenvalue weighted by molar-refractivity contribution is -0.118. The maximum absolute atomic E-state index is 12.5. The molecule has 0 bridgehead atoms. The summed E-state index contributed by atoms with van der Waals surface area (Å²) in [5.74, 6) is 0.589. The second-order valence-electron chi connectivity index (χ2n) is 7.55. The normalized spacial score (nSPS) is 15.8. The first-order chi connectivity index (χ1) is 13.7. The lowest BCUT2D eigenvalue weighted by Gasteiger charge is -2.26. The zero-order valence-corrected chi connectivity index (χ0v) is 16.1. The van der Waals surface area contributed by atoms with E-state index < -0.39 is 0 Å². The molecule has 1 fully saturated rings. The molecular weight excluding hydrogens is 352 g/mol. The Morgan fingerprint density at radius 3 is 2.43 bits per heavy atom. The van der Waals surface area contributed by atoms with E-state index >= 15 is 0 Å². The summed E-state index contributed by atoms with van der Waals surface area (Å²) in [4.78, 5) is 26.6. The fraction of sp³-hybridized carbons (Fsp3) is 0.391. The number of piperidine rings is 1. The van der Waals surface area contributed by atoms with E-state index in [0.29, 0.717) is 11.3 Å². The number of aryl methyl sites for hydroxylation is 2. The Morgan fingerprint density at radius 2 is 1.64 bits per heavy atom. The maximum atomic E-state index is 12.5. The van der Waals surface area contributed by atoms with Crippen molar-refractivity contribution in [3.63, 3.8) is 0 Å². The van der Waals surface area contributed by atoms with Crippen molar-refractivity contribution in [3.05, 3.63) is 59.2 Å². The van der Waals surface area contributed by atoms with E-state index in [-0.39, 0.29) is 18.4 Å². The number of benzene rings is 2. The van der Waals surface area contributed by atoms with E-state index in [0.717, 1.165) is 44.5 Å². The number of likely N-dealkylation sites (tertiary alicyclic amines) is 1. The van der Waals surface area contributed by atoms with Gasteiger partial charge in [0.25, 0.3) is 11.8 Å². The van der Waals surface area contributed by atoms with E-state index in [9.17, 15) is 9.59 Å². The number of carbonyl (C=O) groups excluding carboxylic acids is 2. The van der Waals surface area contributed by atoms with E-state index in [1.165, 1.54) is 24.0 Å². The van der Waals surface area contributed by atoms with Gasteiger partial charge in [-0.2, -0.15) is 0 Å². The minimum absolute atomic E-state index is 0.0345. The third kappa shape index (κ3) is 4.35. The Balaban J connectivity index is 1.29. The molecule has 1 aliphatic carbocycles. The van der Waals surface area contributed by atoms with Gasteiger partial charge in [-0.25, -0.2) is 0 Å². The Hall–Kier alpha value is -2.82. The molecule has 1 N–H and O–H groups in total. The zero-order valence-electron chi connectivity index (χ0n) is 16.1. The molecule has 2 aliphatic rings. The highest BCUT2D eigenvalue weighted by atomic mass is 16.5. The molecule has 5 heteroatoms. The largest absolute Gasteiger partial charge is 0.484 e. The summed E-state index contributed by atoms with van der Waals surface area (Å²) in [6, 6.07) is 13.1. The average molecular weight is 378 g/mol. The average Bonchev–Trinajstić information content (AvgIpc) is 3.21. The first kappa shape index (κ1) is 18.5. The van der Waals surface area contributed by atoms with Gasteiger partial charge in [0.2, 0.25) is 0 Å². The first-order valence-corrected chi connectivity index (χ1v) is 10.1. The minimum Gasteiger partial charge on any atom is -0.484 e. The van der Waals surface area contributed by atoms with Crippen LogP contribution in [-0.2, 0) is 17.6 Å². The third-order valence-corrected chi connectivity index (χ3v) is 5.50. The molecule has 1 saturated heterocycles. The smallest absolute Gasteiger partial charge is 0.262 e. The summed E-state index contributed by atoms with van der Waals surface area (Å²) in [7, 11) is 0. The van der Waals surface area contributed by atoms with E-state index in [4.69, 9.17) is 4.74 Å². The molecule has 0 radical (unpaired) electrons. The van der Waals surface area contributed by atoms with Crippen LogP contribution in [0, 0.1) is 0 Å². The van der Waals surface area contributed by atoms with Gasteiger partial charge >= 0.3 is 0 Å². The Labute approximate surface area is 165 Å². The van der Waals surface area contributed by atoms with Gasteiger partial charge in [0.05, 0.1) is 0 Å². The van der Waals surface area contributed by atoms with Gasteiger partial charge in [-0.3, -0.25) is 9.59 Å². The van der Waals surface area contributed by atoms with Crippen LogP contribution >= 0.6 is 0 Å². The van der Waals surface area contributed by atoms with Crippen LogP contribution < -0.4 is 10.1 Å². The van der Waals surface area contributed by atoms with Gasteiger partial charge in [-0.1, -0.05) is 6.07 Å². The Bertz CT molecular complexity index is 855. The molecule has 0 aromatic heterocycles. The van der Waals surface area contributed by atoms with Gasteiger partial charge < -0.3 is 15.0 Å². The number of anilines is 1. The molecule has 0 saturated carbocycles. The molecule has 1 aliphatic heterocycles.